The molecule has 86 valence electrons. The number of halogens is 4. The summed E-state index contributed by atoms with van der Waals surface area (Å²) in [5.41, 5.74) is 5.72. The topological polar surface area (TPSA) is 56.7 Å². The molecule has 16 heavy (non-hydrogen) atoms. The van der Waals surface area contributed by atoms with Gasteiger partial charge in [0.1, 0.15) is 24.3 Å². The number of fused-ring (bicyclic) bond motifs is 1. The Labute approximate surface area is 96.4 Å². The molecule has 2 heterocycles. The molecule has 0 spiro atoms. The number of aromatic nitrogens is 3. The van der Waals surface area contributed by atoms with Crippen LogP contribution >= 0.6 is 15.9 Å². The minimum absolute atomic E-state index is 0.151. The maximum absolute atomic E-state index is 12.3. The predicted octanol–water partition coefficient (Wildman–Crippen LogP) is 2.34. The molecule has 8 heteroatoms. The first kappa shape index (κ1) is 11.2. The number of nitrogen functional groups attached to an aromatic ring is 1. The van der Waals surface area contributed by atoms with Crippen molar-refractivity contribution in [3.63, 3.8) is 0 Å². The van der Waals surface area contributed by atoms with Crippen molar-refractivity contribution in [3.05, 3.63) is 17.0 Å². The molecule has 0 unspecified atom stereocenters. The Hall–Kier alpha value is -1.31. The Morgan fingerprint density at radius 3 is 2.69 bits per heavy atom. The normalized spacial score (nSPS) is 12.2. The van der Waals surface area contributed by atoms with Gasteiger partial charge in [-0.05, 0) is 15.9 Å². The second-order valence-corrected chi connectivity index (χ2v) is 4.03. The second-order valence-electron chi connectivity index (χ2n) is 3.18. The van der Waals surface area contributed by atoms with Crippen LogP contribution in [0.25, 0.3) is 11.0 Å². The molecule has 2 aromatic heterocycles. The van der Waals surface area contributed by atoms with Crippen LogP contribution in [-0.4, -0.2) is 20.7 Å². The predicted molar refractivity (Wildman–Crippen MR) is 55.7 cm³/mol. The molecule has 0 bridgehead atoms. The first-order valence-electron chi connectivity index (χ1n) is 4.20. The molecule has 4 nitrogen and oxygen atoms in total. The molecule has 0 aromatic carbocycles. The van der Waals surface area contributed by atoms with Gasteiger partial charge in [-0.3, -0.25) is 0 Å². The summed E-state index contributed by atoms with van der Waals surface area (Å²) in [5.74, 6) is 0.151. The molecule has 0 atom stereocenters. The first-order chi connectivity index (χ1) is 7.38. The molecule has 0 aliphatic heterocycles. The lowest BCUT2D eigenvalue weighted by Crippen LogP contribution is -2.17. The van der Waals surface area contributed by atoms with Crippen molar-refractivity contribution >= 4 is 32.8 Å². The minimum atomic E-state index is -4.30. The van der Waals surface area contributed by atoms with Gasteiger partial charge in [-0.15, -0.1) is 0 Å². The summed E-state index contributed by atoms with van der Waals surface area (Å²) in [5, 5.41) is 0.395. The smallest absolute Gasteiger partial charge is 0.383 e. The van der Waals surface area contributed by atoms with Crippen LogP contribution in [0.2, 0.25) is 0 Å². The van der Waals surface area contributed by atoms with Crippen LogP contribution < -0.4 is 5.73 Å². The highest BCUT2D eigenvalue weighted by atomic mass is 79.9. The van der Waals surface area contributed by atoms with Gasteiger partial charge in [0.15, 0.2) is 0 Å². The maximum Gasteiger partial charge on any atom is 0.406 e. The molecule has 0 saturated carbocycles. The third kappa shape index (κ3) is 1.97. The lowest BCUT2D eigenvalue weighted by molar-refractivity contribution is -0.139. The Kier molecular flexibility index (Phi) is 2.53. The summed E-state index contributed by atoms with van der Waals surface area (Å²) < 4.78 is 38.2. The molecular weight excluding hydrogens is 289 g/mol. The highest BCUT2D eigenvalue weighted by molar-refractivity contribution is 9.10. The van der Waals surface area contributed by atoms with Crippen molar-refractivity contribution in [3.8, 4) is 0 Å². The number of hydrogen-bond acceptors (Lipinski definition) is 3. The zero-order valence-electron chi connectivity index (χ0n) is 7.79. The van der Waals surface area contributed by atoms with E-state index < -0.39 is 12.7 Å². The number of alkyl halides is 3. The van der Waals surface area contributed by atoms with Crippen LogP contribution in [0.4, 0.5) is 19.0 Å². The van der Waals surface area contributed by atoms with Gasteiger partial charge in [-0.2, -0.15) is 13.2 Å². The van der Waals surface area contributed by atoms with E-state index in [-0.39, 0.29) is 11.5 Å². The summed E-state index contributed by atoms with van der Waals surface area (Å²) in [7, 11) is 0. The Bertz CT molecular complexity index is 534. The number of nitrogens with zero attached hydrogens (tertiary/aromatic N) is 3. The van der Waals surface area contributed by atoms with Crippen molar-refractivity contribution in [1.82, 2.24) is 14.5 Å². The molecule has 0 saturated heterocycles. The van der Waals surface area contributed by atoms with Crippen LogP contribution in [0.5, 0.6) is 0 Å². The van der Waals surface area contributed by atoms with E-state index in [2.05, 4.69) is 25.9 Å². The van der Waals surface area contributed by atoms with Gasteiger partial charge in [0.05, 0.1) is 5.39 Å². The molecule has 0 radical (unpaired) electrons. The molecule has 0 aliphatic rings. The summed E-state index contributed by atoms with van der Waals surface area (Å²) in [4.78, 5) is 7.51. The summed E-state index contributed by atoms with van der Waals surface area (Å²) in [6.07, 6.45) is -1.87. The van der Waals surface area contributed by atoms with Crippen molar-refractivity contribution < 1.29 is 13.2 Å². The maximum atomic E-state index is 12.3. The SMILES string of the molecule is Nc1ncnc2c1c(Br)cn2CC(F)(F)F. The van der Waals surface area contributed by atoms with Gasteiger partial charge in [0.2, 0.25) is 0 Å². The average Bonchev–Trinajstić information content (AvgIpc) is 2.42. The third-order valence-electron chi connectivity index (χ3n) is 1.99. The summed E-state index contributed by atoms with van der Waals surface area (Å²) in [6.45, 7) is -1.11. The van der Waals surface area contributed by atoms with E-state index in [0.717, 1.165) is 10.9 Å². The van der Waals surface area contributed by atoms with Crippen LogP contribution in [0.1, 0.15) is 0 Å². The standard InChI is InChI=1S/C8H6BrF3N4/c9-4-1-16(2-8(10,11)12)7-5(4)6(13)14-3-15-7/h1,3H,2H2,(H2,13,14,15). The van der Waals surface area contributed by atoms with Gasteiger partial charge in [-0.1, -0.05) is 0 Å². The van der Waals surface area contributed by atoms with Crippen molar-refractivity contribution in [2.75, 3.05) is 5.73 Å². The zero-order chi connectivity index (χ0) is 11.9. The van der Waals surface area contributed by atoms with Crippen LogP contribution in [0.3, 0.4) is 0 Å². The van der Waals surface area contributed by atoms with Gasteiger partial charge in [0.25, 0.3) is 0 Å². The zero-order valence-corrected chi connectivity index (χ0v) is 9.38. The van der Waals surface area contributed by atoms with Crippen molar-refractivity contribution in [1.29, 1.82) is 0 Å². The van der Waals surface area contributed by atoms with Gasteiger partial charge in [-0.25, -0.2) is 9.97 Å². The molecule has 2 aromatic rings. The van der Waals surface area contributed by atoms with Gasteiger partial charge < -0.3 is 10.3 Å². The van der Waals surface area contributed by atoms with E-state index >= 15 is 0 Å². The summed E-state index contributed by atoms with van der Waals surface area (Å²) in [6, 6.07) is 0. The quantitative estimate of drug-likeness (QED) is 0.878. The lowest BCUT2D eigenvalue weighted by Gasteiger charge is -2.07. The van der Waals surface area contributed by atoms with E-state index in [0.29, 0.717) is 9.86 Å². The van der Waals surface area contributed by atoms with Crippen LogP contribution in [-0.2, 0) is 6.54 Å². The van der Waals surface area contributed by atoms with Crippen LogP contribution in [0.15, 0.2) is 17.0 Å². The highest BCUT2D eigenvalue weighted by Crippen LogP contribution is 2.30. The Balaban J connectivity index is 2.60. The van der Waals surface area contributed by atoms with Crippen molar-refractivity contribution in [2.45, 2.75) is 12.7 Å². The van der Waals surface area contributed by atoms with Gasteiger partial charge >= 0.3 is 6.18 Å². The fraction of sp³-hybridized carbons (Fsp3) is 0.250. The average molecular weight is 295 g/mol. The van der Waals surface area contributed by atoms with E-state index in [9.17, 15) is 13.2 Å². The molecular formula is C8H6BrF3N4. The molecule has 2 rings (SSSR count). The largest absolute Gasteiger partial charge is 0.406 e. The van der Waals surface area contributed by atoms with E-state index in [1.54, 1.807) is 0 Å². The second kappa shape index (κ2) is 3.62. The number of nitrogens with two attached hydrogens (primary N) is 1. The molecule has 0 aliphatic carbocycles. The van der Waals surface area contributed by atoms with Crippen LogP contribution in [0, 0.1) is 0 Å². The third-order valence-corrected chi connectivity index (χ3v) is 2.59. The van der Waals surface area contributed by atoms with E-state index in [4.69, 9.17) is 5.73 Å². The Morgan fingerprint density at radius 2 is 2.06 bits per heavy atom. The summed E-state index contributed by atoms with van der Waals surface area (Å²) >= 11 is 3.13. The van der Waals surface area contributed by atoms with E-state index in [1.807, 2.05) is 0 Å². The fourth-order valence-corrected chi connectivity index (χ4v) is 2.04. The lowest BCUT2D eigenvalue weighted by atomic mass is 10.4. The molecule has 2 N–H and O–H groups in total. The first-order valence-corrected chi connectivity index (χ1v) is 4.99. The van der Waals surface area contributed by atoms with Gasteiger partial charge in [0, 0.05) is 10.7 Å². The molecule has 0 amide bonds. The van der Waals surface area contributed by atoms with E-state index in [1.165, 1.54) is 6.20 Å². The Morgan fingerprint density at radius 1 is 1.38 bits per heavy atom. The number of rotatable bonds is 1. The molecule has 0 fully saturated rings. The number of anilines is 1. The van der Waals surface area contributed by atoms with Crippen molar-refractivity contribution in [2.24, 2.45) is 0 Å². The number of hydrogen-bond donors (Lipinski definition) is 1. The highest BCUT2D eigenvalue weighted by Gasteiger charge is 2.29. The minimum Gasteiger partial charge on any atom is -0.383 e. The fourth-order valence-electron chi connectivity index (χ4n) is 1.41. The monoisotopic (exact) mass is 294 g/mol.